The molecule has 1 fully saturated rings. The quantitative estimate of drug-likeness (QED) is 0.664. The molecule has 0 atom stereocenters. The summed E-state index contributed by atoms with van der Waals surface area (Å²) in [5, 5.41) is 2.73. The molecule has 5 nitrogen and oxygen atoms in total. The molecule has 0 spiro atoms. The summed E-state index contributed by atoms with van der Waals surface area (Å²) in [7, 11) is 0. The van der Waals surface area contributed by atoms with Gasteiger partial charge in [-0.1, -0.05) is 12.5 Å². The van der Waals surface area contributed by atoms with Crippen LogP contribution in [-0.4, -0.2) is 31.6 Å². The van der Waals surface area contributed by atoms with Crippen molar-refractivity contribution in [3.05, 3.63) is 35.9 Å². The van der Waals surface area contributed by atoms with Crippen LogP contribution in [0, 0.1) is 5.92 Å². The summed E-state index contributed by atoms with van der Waals surface area (Å²) in [5.74, 6) is -0.0428. The van der Waals surface area contributed by atoms with Gasteiger partial charge in [0.2, 0.25) is 0 Å². The average molecular weight is 330 g/mol. The Morgan fingerprint density at radius 3 is 2.42 bits per heavy atom. The Hall–Kier alpha value is -2.30. The summed E-state index contributed by atoms with van der Waals surface area (Å²) in [6, 6.07) is 7.79. The lowest BCUT2D eigenvalue weighted by Gasteiger charge is -2.32. The molecule has 0 saturated carbocycles. The van der Waals surface area contributed by atoms with E-state index in [-0.39, 0.29) is 12.5 Å². The van der Waals surface area contributed by atoms with E-state index in [4.69, 9.17) is 4.74 Å². The maximum atomic E-state index is 11.8. The van der Waals surface area contributed by atoms with Crippen LogP contribution in [0.1, 0.15) is 33.6 Å². The Labute approximate surface area is 143 Å². The number of benzene rings is 1. The zero-order valence-electron chi connectivity index (χ0n) is 14.7. The molecule has 1 aromatic carbocycles. The van der Waals surface area contributed by atoms with E-state index >= 15 is 0 Å². The van der Waals surface area contributed by atoms with Crippen LogP contribution in [0.15, 0.2) is 35.9 Å². The average Bonchev–Trinajstić information content (AvgIpc) is 2.54. The Balaban J connectivity index is 1.82. The van der Waals surface area contributed by atoms with Gasteiger partial charge < -0.3 is 15.0 Å². The van der Waals surface area contributed by atoms with Gasteiger partial charge in [0.05, 0.1) is 0 Å². The second-order valence-corrected chi connectivity index (χ2v) is 6.59. The Morgan fingerprint density at radius 2 is 1.83 bits per heavy atom. The van der Waals surface area contributed by atoms with E-state index in [2.05, 4.69) is 17.1 Å². The first kappa shape index (κ1) is 18.0. The molecular formula is C19H26N2O3. The molecule has 1 N–H and O–H groups in total. The van der Waals surface area contributed by atoms with Crippen LogP contribution < -0.4 is 10.2 Å². The SMILES string of the molecule is CC(C)=CC(=O)OCC(=O)Nc1ccc(N2CCC(C)CC2)cc1. The standard InChI is InChI=1S/C19H26N2O3/c1-14(2)12-19(23)24-13-18(22)20-16-4-6-17(7-5-16)21-10-8-15(3)9-11-21/h4-7,12,15H,8-11,13H2,1-3H3,(H,20,22). The largest absolute Gasteiger partial charge is 0.452 e. The number of rotatable bonds is 5. The predicted octanol–water partition coefficient (Wildman–Crippen LogP) is 3.37. The van der Waals surface area contributed by atoms with Gasteiger partial charge in [-0.2, -0.15) is 0 Å². The monoisotopic (exact) mass is 330 g/mol. The molecule has 1 aliphatic rings. The topological polar surface area (TPSA) is 58.6 Å². The predicted molar refractivity (Wildman–Crippen MR) is 96.1 cm³/mol. The fourth-order valence-electron chi connectivity index (χ4n) is 2.63. The second-order valence-electron chi connectivity index (χ2n) is 6.59. The molecule has 0 aliphatic carbocycles. The number of piperidine rings is 1. The number of anilines is 2. The zero-order chi connectivity index (χ0) is 17.5. The molecule has 130 valence electrons. The van der Waals surface area contributed by atoms with E-state index in [0.29, 0.717) is 5.69 Å². The minimum atomic E-state index is -0.500. The second kappa shape index (κ2) is 8.52. The number of allylic oxidation sites excluding steroid dienone is 1. The van der Waals surface area contributed by atoms with Crippen molar-refractivity contribution < 1.29 is 14.3 Å². The first-order chi connectivity index (χ1) is 11.4. The highest BCUT2D eigenvalue weighted by Gasteiger charge is 2.16. The van der Waals surface area contributed by atoms with Crippen molar-refractivity contribution in [2.24, 2.45) is 5.92 Å². The van der Waals surface area contributed by atoms with Crippen molar-refractivity contribution in [3.63, 3.8) is 0 Å². The van der Waals surface area contributed by atoms with Crippen molar-refractivity contribution in [1.82, 2.24) is 0 Å². The Bertz CT molecular complexity index is 596. The third kappa shape index (κ3) is 5.72. The highest BCUT2D eigenvalue weighted by molar-refractivity contribution is 5.94. The lowest BCUT2D eigenvalue weighted by Crippen LogP contribution is -2.32. The van der Waals surface area contributed by atoms with Crippen LogP contribution in [0.4, 0.5) is 11.4 Å². The number of ether oxygens (including phenoxy) is 1. The van der Waals surface area contributed by atoms with Crippen LogP contribution in [0.2, 0.25) is 0 Å². The fourth-order valence-corrected chi connectivity index (χ4v) is 2.63. The minimum Gasteiger partial charge on any atom is -0.452 e. The van der Waals surface area contributed by atoms with Crippen molar-refractivity contribution in [3.8, 4) is 0 Å². The molecule has 0 aromatic heterocycles. The normalized spacial score (nSPS) is 14.9. The first-order valence-corrected chi connectivity index (χ1v) is 8.40. The molecule has 0 unspecified atom stereocenters. The number of hydrogen-bond acceptors (Lipinski definition) is 4. The van der Waals surface area contributed by atoms with Gasteiger partial charge in [-0.05, 0) is 56.9 Å². The number of hydrogen-bond donors (Lipinski definition) is 1. The molecule has 24 heavy (non-hydrogen) atoms. The zero-order valence-corrected chi connectivity index (χ0v) is 14.7. The highest BCUT2D eigenvalue weighted by atomic mass is 16.5. The maximum absolute atomic E-state index is 11.8. The van der Waals surface area contributed by atoms with E-state index in [9.17, 15) is 9.59 Å². The molecule has 1 aromatic rings. The van der Waals surface area contributed by atoms with Gasteiger partial charge in [0.1, 0.15) is 0 Å². The molecule has 1 amide bonds. The van der Waals surface area contributed by atoms with Gasteiger partial charge in [0, 0.05) is 30.5 Å². The van der Waals surface area contributed by atoms with Crippen LogP contribution in [0.3, 0.4) is 0 Å². The summed E-state index contributed by atoms with van der Waals surface area (Å²) in [4.78, 5) is 25.5. The van der Waals surface area contributed by atoms with Gasteiger partial charge in [0.15, 0.2) is 6.61 Å². The minimum absolute atomic E-state index is 0.283. The van der Waals surface area contributed by atoms with Crippen LogP contribution in [0.25, 0.3) is 0 Å². The first-order valence-electron chi connectivity index (χ1n) is 8.40. The number of amides is 1. The molecule has 0 bridgehead atoms. The third-order valence-corrected chi connectivity index (χ3v) is 4.05. The van der Waals surface area contributed by atoms with Crippen molar-refractivity contribution >= 4 is 23.3 Å². The molecule has 2 rings (SSSR count). The molecule has 1 aliphatic heterocycles. The maximum Gasteiger partial charge on any atom is 0.331 e. The molecule has 5 heteroatoms. The number of carbonyl (C=O) groups is 2. The van der Waals surface area contributed by atoms with Crippen LogP contribution in [0.5, 0.6) is 0 Å². The van der Waals surface area contributed by atoms with E-state index in [1.807, 2.05) is 24.3 Å². The molecule has 1 saturated heterocycles. The van der Waals surface area contributed by atoms with Crippen molar-refractivity contribution in [2.45, 2.75) is 33.6 Å². The number of nitrogens with zero attached hydrogens (tertiary/aromatic N) is 1. The Kier molecular flexibility index (Phi) is 6.41. The summed E-state index contributed by atoms with van der Waals surface area (Å²) < 4.78 is 4.88. The summed E-state index contributed by atoms with van der Waals surface area (Å²) in [6.07, 6.45) is 3.80. The van der Waals surface area contributed by atoms with Gasteiger partial charge in [-0.3, -0.25) is 4.79 Å². The van der Waals surface area contributed by atoms with E-state index < -0.39 is 5.97 Å². The van der Waals surface area contributed by atoms with Crippen molar-refractivity contribution in [1.29, 1.82) is 0 Å². The number of esters is 1. The van der Waals surface area contributed by atoms with Crippen molar-refractivity contribution in [2.75, 3.05) is 29.9 Å². The van der Waals surface area contributed by atoms with Gasteiger partial charge in [-0.15, -0.1) is 0 Å². The lowest BCUT2D eigenvalue weighted by atomic mass is 9.99. The summed E-state index contributed by atoms with van der Waals surface area (Å²) >= 11 is 0. The van der Waals surface area contributed by atoms with E-state index in [1.54, 1.807) is 13.8 Å². The number of carbonyl (C=O) groups excluding carboxylic acids is 2. The lowest BCUT2D eigenvalue weighted by molar-refractivity contribution is -0.142. The smallest absolute Gasteiger partial charge is 0.331 e. The fraction of sp³-hybridized carbons (Fsp3) is 0.474. The molecule has 1 heterocycles. The van der Waals surface area contributed by atoms with Gasteiger partial charge in [0.25, 0.3) is 5.91 Å². The molecular weight excluding hydrogens is 304 g/mol. The van der Waals surface area contributed by atoms with E-state index in [1.165, 1.54) is 24.6 Å². The van der Waals surface area contributed by atoms with Gasteiger partial charge >= 0.3 is 5.97 Å². The van der Waals surface area contributed by atoms with Crippen LogP contribution in [-0.2, 0) is 14.3 Å². The highest BCUT2D eigenvalue weighted by Crippen LogP contribution is 2.24. The Morgan fingerprint density at radius 1 is 1.21 bits per heavy atom. The summed E-state index contributed by atoms with van der Waals surface area (Å²) in [5.41, 5.74) is 2.71. The van der Waals surface area contributed by atoms with Gasteiger partial charge in [-0.25, -0.2) is 4.79 Å². The summed E-state index contributed by atoms with van der Waals surface area (Å²) in [6.45, 7) is 7.76. The number of nitrogens with one attached hydrogen (secondary N) is 1. The molecule has 0 radical (unpaired) electrons. The third-order valence-electron chi connectivity index (χ3n) is 4.05. The van der Waals surface area contributed by atoms with Crippen LogP contribution >= 0.6 is 0 Å². The van der Waals surface area contributed by atoms with E-state index in [0.717, 1.165) is 24.6 Å².